The van der Waals surface area contributed by atoms with Crippen molar-refractivity contribution in [2.45, 2.75) is 38.6 Å². The van der Waals surface area contributed by atoms with Crippen LogP contribution in [0.4, 0.5) is 5.69 Å². The number of sulfonamides is 1. The number of anilines is 1. The van der Waals surface area contributed by atoms with Crippen LogP contribution < -0.4 is 9.62 Å². The molecule has 2 aromatic rings. The number of hydrogen-bond acceptors (Lipinski definition) is 3. The smallest absolute Gasteiger partial charge is 0.241 e. The van der Waals surface area contributed by atoms with E-state index in [9.17, 15) is 13.2 Å². The van der Waals surface area contributed by atoms with Gasteiger partial charge in [-0.15, -0.1) is 0 Å². The number of halogens is 3. The Balaban J connectivity index is 1.78. The van der Waals surface area contributed by atoms with Gasteiger partial charge in [-0.3, -0.25) is 9.10 Å². The maximum absolute atomic E-state index is 12.7. The minimum Gasteiger partial charge on any atom is -0.348 e. The molecule has 0 fully saturated rings. The fourth-order valence-corrected chi connectivity index (χ4v) is 5.16. The molecule has 0 aliphatic heterocycles. The number of aryl methyl sites for hydroxylation is 2. The molecule has 3 rings (SSSR count). The first-order valence-electron chi connectivity index (χ1n) is 9.59. The number of fused-ring (bicyclic) bond motifs is 1. The molecule has 1 aliphatic rings. The molecular formula is C21H23Cl3N2O3S. The van der Waals surface area contributed by atoms with Gasteiger partial charge in [-0.05, 0) is 61.4 Å². The summed E-state index contributed by atoms with van der Waals surface area (Å²) in [4.78, 5) is 12.7. The molecule has 0 aromatic heterocycles. The number of nitrogens with one attached hydrogen (secondary N) is 1. The molecular weight excluding hydrogens is 467 g/mol. The number of rotatable bonds is 6. The highest BCUT2D eigenvalue weighted by atomic mass is 35.5. The standard InChI is InChI=1S/C21H23Cl3N2O3S/c1-13(15-8-7-14-5-3-4-6-16(14)9-15)25-21(27)12-26(30(2,28)29)20-11-18(23)17(22)10-19(20)24/h7-11,13H,3-6,12H2,1-2H3,(H,25,27)/t13-/m1/s1. The van der Waals surface area contributed by atoms with Gasteiger partial charge in [0, 0.05) is 0 Å². The first-order valence-corrected chi connectivity index (χ1v) is 12.6. The third-order valence-electron chi connectivity index (χ3n) is 5.20. The van der Waals surface area contributed by atoms with Crippen LogP contribution in [0.15, 0.2) is 30.3 Å². The first-order chi connectivity index (χ1) is 14.1. The summed E-state index contributed by atoms with van der Waals surface area (Å²) in [5, 5.41) is 3.31. The van der Waals surface area contributed by atoms with E-state index in [2.05, 4.69) is 17.4 Å². The SMILES string of the molecule is C[C@@H](NC(=O)CN(c1cc(Cl)c(Cl)cc1Cl)S(C)(=O)=O)c1ccc2c(c1)CCCC2. The van der Waals surface area contributed by atoms with E-state index in [1.165, 1.54) is 36.1 Å². The highest BCUT2D eigenvalue weighted by Gasteiger charge is 2.25. The lowest BCUT2D eigenvalue weighted by Gasteiger charge is -2.25. The second-order valence-electron chi connectivity index (χ2n) is 7.51. The average molecular weight is 490 g/mol. The predicted molar refractivity (Wildman–Crippen MR) is 123 cm³/mol. The number of benzene rings is 2. The van der Waals surface area contributed by atoms with Crippen LogP contribution in [0.1, 0.15) is 42.5 Å². The van der Waals surface area contributed by atoms with Crippen molar-refractivity contribution in [2.75, 3.05) is 17.1 Å². The molecule has 1 atom stereocenters. The van der Waals surface area contributed by atoms with Crippen LogP contribution in [0, 0.1) is 0 Å². The molecule has 0 saturated heterocycles. The van der Waals surface area contributed by atoms with Gasteiger partial charge in [-0.1, -0.05) is 53.0 Å². The summed E-state index contributed by atoms with van der Waals surface area (Å²) in [6, 6.07) is 8.68. The maximum atomic E-state index is 12.7. The monoisotopic (exact) mass is 488 g/mol. The van der Waals surface area contributed by atoms with E-state index in [0.717, 1.165) is 29.0 Å². The summed E-state index contributed by atoms with van der Waals surface area (Å²) in [6.45, 7) is 1.45. The van der Waals surface area contributed by atoms with E-state index in [1.807, 2.05) is 13.0 Å². The highest BCUT2D eigenvalue weighted by Crippen LogP contribution is 2.35. The lowest BCUT2D eigenvalue weighted by molar-refractivity contribution is -0.120. The van der Waals surface area contributed by atoms with Gasteiger partial charge in [0.1, 0.15) is 6.54 Å². The van der Waals surface area contributed by atoms with E-state index in [-0.39, 0.29) is 26.8 Å². The Morgan fingerprint density at radius 1 is 1.03 bits per heavy atom. The largest absolute Gasteiger partial charge is 0.348 e. The van der Waals surface area contributed by atoms with Gasteiger partial charge in [-0.2, -0.15) is 0 Å². The molecule has 30 heavy (non-hydrogen) atoms. The molecule has 5 nitrogen and oxygen atoms in total. The van der Waals surface area contributed by atoms with Crippen LogP contribution in [0.3, 0.4) is 0 Å². The zero-order valence-corrected chi connectivity index (χ0v) is 19.8. The summed E-state index contributed by atoms with van der Waals surface area (Å²) in [5.41, 5.74) is 3.77. The normalized spacial score (nSPS) is 14.7. The molecule has 0 saturated carbocycles. The molecule has 0 radical (unpaired) electrons. The summed E-state index contributed by atoms with van der Waals surface area (Å²) in [6.07, 6.45) is 5.51. The summed E-state index contributed by atoms with van der Waals surface area (Å²) in [5.74, 6) is -0.451. The van der Waals surface area contributed by atoms with Crippen LogP contribution in [-0.4, -0.2) is 27.1 Å². The second kappa shape index (κ2) is 9.35. The molecule has 0 unspecified atom stereocenters. The maximum Gasteiger partial charge on any atom is 0.241 e. The lowest BCUT2D eigenvalue weighted by atomic mass is 9.89. The van der Waals surface area contributed by atoms with Crippen LogP contribution >= 0.6 is 34.8 Å². The van der Waals surface area contributed by atoms with Gasteiger partial charge in [-0.25, -0.2) is 8.42 Å². The fraction of sp³-hybridized carbons (Fsp3) is 0.381. The number of carbonyl (C=O) groups excluding carboxylic acids is 1. The summed E-state index contributed by atoms with van der Waals surface area (Å²) >= 11 is 18.1. The van der Waals surface area contributed by atoms with Gasteiger partial charge in [0.15, 0.2) is 0 Å². The van der Waals surface area contributed by atoms with E-state index in [0.29, 0.717) is 0 Å². The van der Waals surface area contributed by atoms with E-state index < -0.39 is 22.5 Å². The van der Waals surface area contributed by atoms with E-state index >= 15 is 0 Å². The van der Waals surface area contributed by atoms with Crippen molar-refractivity contribution in [2.24, 2.45) is 0 Å². The van der Waals surface area contributed by atoms with Gasteiger partial charge in [0.25, 0.3) is 0 Å². The average Bonchev–Trinajstić information content (AvgIpc) is 2.68. The Labute approximate surface area is 192 Å². The van der Waals surface area contributed by atoms with Crippen molar-refractivity contribution in [3.63, 3.8) is 0 Å². The Bertz CT molecular complexity index is 1070. The van der Waals surface area contributed by atoms with Gasteiger partial charge >= 0.3 is 0 Å². The predicted octanol–water partition coefficient (Wildman–Crippen LogP) is 5.17. The Hall–Kier alpha value is -1.47. The van der Waals surface area contributed by atoms with E-state index in [4.69, 9.17) is 34.8 Å². The minimum absolute atomic E-state index is 0.0883. The zero-order chi connectivity index (χ0) is 22.1. The Morgan fingerprint density at radius 3 is 2.33 bits per heavy atom. The molecule has 162 valence electrons. The van der Waals surface area contributed by atoms with Gasteiger partial charge in [0.05, 0.1) is 33.1 Å². The molecule has 0 bridgehead atoms. The van der Waals surface area contributed by atoms with Crippen molar-refractivity contribution < 1.29 is 13.2 Å². The van der Waals surface area contributed by atoms with Crippen molar-refractivity contribution in [3.05, 3.63) is 62.1 Å². The second-order valence-corrected chi connectivity index (χ2v) is 10.6. The molecule has 0 spiro atoms. The molecule has 9 heteroatoms. The Morgan fingerprint density at radius 2 is 1.67 bits per heavy atom. The topological polar surface area (TPSA) is 66.5 Å². The third kappa shape index (κ3) is 5.41. The van der Waals surface area contributed by atoms with E-state index in [1.54, 1.807) is 0 Å². The van der Waals surface area contributed by atoms with Crippen LogP contribution in [0.5, 0.6) is 0 Å². The molecule has 1 N–H and O–H groups in total. The summed E-state index contributed by atoms with van der Waals surface area (Å²) < 4.78 is 25.6. The summed E-state index contributed by atoms with van der Waals surface area (Å²) in [7, 11) is -3.79. The Kier molecular flexibility index (Phi) is 7.23. The van der Waals surface area contributed by atoms with Crippen molar-refractivity contribution in [3.8, 4) is 0 Å². The minimum atomic E-state index is -3.79. The van der Waals surface area contributed by atoms with Crippen LogP contribution in [-0.2, 0) is 27.7 Å². The zero-order valence-electron chi connectivity index (χ0n) is 16.7. The number of nitrogens with zero attached hydrogens (tertiary/aromatic N) is 1. The van der Waals surface area contributed by atoms with Gasteiger partial charge in [0.2, 0.25) is 15.9 Å². The fourth-order valence-electron chi connectivity index (χ4n) is 3.61. The van der Waals surface area contributed by atoms with Crippen molar-refractivity contribution in [1.29, 1.82) is 0 Å². The molecule has 2 aromatic carbocycles. The first kappa shape index (κ1) is 23.2. The van der Waals surface area contributed by atoms with Crippen LogP contribution in [0.2, 0.25) is 15.1 Å². The lowest BCUT2D eigenvalue weighted by Crippen LogP contribution is -2.41. The number of amides is 1. The molecule has 0 heterocycles. The van der Waals surface area contributed by atoms with Crippen molar-refractivity contribution in [1.82, 2.24) is 5.32 Å². The van der Waals surface area contributed by atoms with Gasteiger partial charge < -0.3 is 5.32 Å². The van der Waals surface area contributed by atoms with Crippen LogP contribution in [0.25, 0.3) is 0 Å². The molecule has 1 amide bonds. The quantitative estimate of drug-likeness (QED) is 0.569. The third-order valence-corrected chi connectivity index (χ3v) is 7.35. The highest BCUT2D eigenvalue weighted by molar-refractivity contribution is 7.92. The number of hydrogen-bond donors (Lipinski definition) is 1. The number of carbonyl (C=O) groups is 1. The molecule has 1 aliphatic carbocycles. The van der Waals surface area contributed by atoms with Crippen molar-refractivity contribution >= 4 is 56.4 Å².